The molecule has 2 heteroatoms. The lowest BCUT2D eigenvalue weighted by atomic mass is 9.84. The molecular weight excluding hydrogens is 248 g/mol. The summed E-state index contributed by atoms with van der Waals surface area (Å²) in [6.45, 7) is 0.189. The Bertz CT molecular complexity index is 362. The minimum Gasteiger partial charge on any atom is -0.396 e. The van der Waals surface area contributed by atoms with Crippen LogP contribution < -0.4 is 0 Å². The number of benzene rings is 1. The second-order valence-electron chi connectivity index (χ2n) is 6.20. The van der Waals surface area contributed by atoms with Gasteiger partial charge in [-0.25, -0.2) is 0 Å². The smallest absolute Gasteiger partial charge is 0.0481 e. The van der Waals surface area contributed by atoms with Crippen LogP contribution in [0, 0.1) is 5.92 Å². The van der Waals surface area contributed by atoms with Crippen molar-refractivity contribution in [3.63, 3.8) is 0 Å². The summed E-state index contributed by atoms with van der Waals surface area (Å²) < 4.78 is 0. The van der Waals surface area contributed by atoms with E-state index in [2.05, 4.69) is 24.3 Å². The van der Waals surface area contributed by atoms with Crippen LogP contribution in [0.25, 0.3) is 0 Å². The molecular formula is C18H28O2. The van der Waals surface area contributed by atoms with Gasteiger partial charge in [-0.15, -0.1) is 0 Å². The minimum atomic E-state index is 0.0523. The summed E-state index contributed by atoms with van der Waals surface area (Å²) in [4.78, 5) is 0. The van der Waals surface area contributed by atoms with Crippen molar-refractivity contribution < 1.29 is 10.2 Å². The largest absolute Gasteiger partial charge is 0.396 e. The molecule has 0 radical (unpaired) electrons. The summed E-state index contributed by atoms with van der Waals surface area (Å²) >= 11 is 0. The molecule has 0 amide bonds. The fraction of sp³-hybridized carbons (Fsp3) is 0.667. The van der Waals surface area contributed by atoms with Gasteiger partial charge in [0.2, 0.25) is 0 Å². The predicted molar refractivity (Wildman–Crippen MR) is 82.9 cm³/mol. The van der Waals surface area contributed by atoms with Gasteiger partial charge in [0.1, 0.15) is 0 Å². The van der Waals surface area contributed by atoms with E-state index in [0.717, 1.165) is 25.2 Å². The molecule has 0 aromatic heterocycles. The summed E-state index contributed by atoms with van der Waals surface area (Å²) in [7, 11) is 0. The van der Waals surface area contributed by atoms with Crippen molar-refractivity contribution in [2.24, 2.45) is 5.92 Å². The zero-order valence-electron chi connectivity index (χ0n) is 12.4. The van der Waals surface area contributed by atoms with E-state index in [4.69, 9.17) is 10.2 Å². The summed E-state index contributed by atoms with van der Waals surface area (Å²) in [5, 5.41) is 18.1. The fourth-order valence-corrected chi connectivity index (χ4v) is 3.23. The Balaban J connectivity index is 1.79. The second-order valence-corrected chi connectivity index (χ2v) is 6.20. The third kappa shape index (κ3) is 4.60. The van der Waals surface area contributed by atoms with Crippen LogP contribution in [0.15, 0.2) is 24.3 Å². The molecule has 1 aromatic rings. The van der Waals surface area contributed by atoms with Crippen LogP contribution >= 0.6 is 0 Å². The molecule has 0 aliphatic heterocycles. The number of aliphatic hydroxyl groups excluding tert-OH is 2. The molecule has 2 N–H and O–H groups in total. The van der Waals surface area contributed by atoms with Gasteiger partial charge in [0.05, 0.1) is 0 Å². The molecule has 0 saturated heterocycles. The molecule has 20 heavy (non-hydrogen) atoms. The Labute approximate surface area is 122 Å². The van der Waals surface area contributed by atoms with E-state index in [1.807, 2.05) is 0 Å². The normalized spacial score (nSPS) is 16.8. The summed E-state index contributed by atoms with van der Waals surface area (Å²) in [5.41, 5.74) is 2.89. The van der Waals surface area contributed by atoms with Gasteiger partial charge in [0.25, 0.3) is 0 Å². The minimum absolute atomic E-state index is 0.0523. The lowest BCUT2D eigenvalue weighted by molar-refractivity contribution is 0.142. The summed E-state index contributed by atoms with van der Waals surface area (Å²) in [5.74, 6) is 0.836. The van der Waals surface area contributed by atoms with Crippen molar-refractivity contribution in [1.82, 2.24) is 0 Å². The van der Waals surface area contributed by atoms with E-state index in [9.17, 15) is 0 Å². The maximum atomic E-state index is 9.04. The first-order valence-corrected chi connectivity index (χ1v) is 8.14. The first-order valence-electron chi connectivity index (χ1n) is 8.14. The van der Waals surface area contributed by atoms with Gasteiger partial charge in [-0.1, -0.05) is 43.5 Å². The molecule has 0 bridgehead atoms. The molecule has 0 atom stereocenters. The standard InChI is InChI=1S/C18H28O2/c19-13-16(14-20)6-4-5-15-9-11-18(12-10-15)17-7-2-1-3-8-17/h9-12,16-17,19-20H,1-8,13-14H2. The molecule has 0 unspecified atom stereocenters. The number of aliphatic hydroxyl groups is 2. The van der Waals surface area contributed by atoms with Crippen molar-refractivity contribution in [1.29, 1.82) is 0 Å². The van der Waals surface area contributed by atoms with Crippen molar-refractivity contribution in [2.75, 3.05) is 13.2 Å². The van der Waals surface area contributed by atoms with Crippen LogP contribution in [-0.4, -0.2) is 23.4 Å². The Kier molecular flexibility index (Phi) is 6.55. The summed E-state index contributed by atoms with van der Waals surface area (Å²) in [6, 6.07) is 9.13. The molecule has 1 aromatic carbocycles. The van der Waals surface area contributed by atoms with Crippen LogP contribution in [0.4, 0.5) is 0 Å². The van der Waals surface area contributed by atoms with E-state index < -0.39 is 0 Å². The van der Waals surface area contributed by atoms with Gasteiger partial charge in [-0.3, -0.25) is 0 Å². The molecule has 1 fully saturated rings. The predicted octanol–water partition coefficient (Wildman–Crippen LogP) is 3.66. The summed E-state index contributed by atoms with van der Waals surface area (Å²) in [6.07, 6.45) is 9.87. The topological polar surface area (TPSA) is 40.5 Å². The average molecular weight is 276 g/mol. The van der Waals surface area contributed by atoms with Gasteiger partial charge >= 0.3 is 0 Å². The third-order valence-corrected chi connectivity index (χ3v) is 4.65. The second kappa shape index (κ2) is 8.43. The molecule has 112 valence electrons. The average Bonchev–Trinajstić information content (AvgIpc) is 2.53. The zero-order chi connectivity index (χ0) is 14.2. The van der Waals surface area contributed by atoms with Crippen LogP contribution in [-0.2, 0) is 6.42 Å². The van der Waals surface area contributed by atoms with Crippen molar-refractivity contribution in [2.45, 2.75) is 57.3 Å². The molecule has 1 aliphatic carbocycles. The van der Waals surface area contributed by atoms with Crippen molar-refractivity contribution >= 4 is 0 Å². The Morgan fingerprint density at radius 1 is 0.950 bits per heavy atom. The molecule has 0 spiro atoms. The maximum Gasteiger partial charge on any atom is 0.0481 e. The SMILES string of the molecule is OCC(CO)CCCc1ccc(C2CCCCC2)cc1. The highest BCUT2D eigenvalue weighted by atomic mass is 16.3. The van der Waals surface area contributed by atoms with E-state index in [1.165, 1.54) is 43.2 Å². The maximum absolute atomic E-state index is 9.04. The first-order chi connectivity index (χ1) is 9.83. The quantitative estimate of drug-likeness (QED) is 0.798. The number of hydrogen-bond acceptors (Lipinski definition) is 2. The number of hydrogen-bond donors (Lipinski definition) is 2. The van der Waals surface area contributed by atoms with Gasteiger partial charge in [0.15, 0.2) is 0 Å². The lowest BCUT2D eigenvalue weighted by Gasteiger charge is -2.22. The third-order valence-electron chi connectivity index (χ3n) is 4.65. The van der Waals surface area contributed by atoms with Gasteiger partial charge in [0, 0.05) is 19.1 Å². The van der Waals surface area contributed by atoms with Gasteiger partial charge in [-0.05, 0) is 49.1 Å². The van der Waals surface area contributed by atoms with Crippen LogP contribution in [0.3, 0.4) is 0 Å². The number of rotatable bonds is 7. The van der Waals surface area contributed by atoms with Gasteiger partial charge in [-0.2, -0.15) is 0 Å². The molecule has 1 aliphatic rings. The lowest BCUT2D eigenvalue weighted by Crippen LogP contribution is -2.11. The highest BCUT2D eigenvalue weighted by Gasteiger charge is 2.15. The van der Waals surface area contributed by atoms with E-state index in [1.54, 1.807) is 0 Å². The van der Waals surface area contributed by atoms with Crippen molar-refractivity contribution in [3.8, 4) is 0 Å². The monoisotopic (exact) mass is 276 g/mol. The Morgan fingerprint density at radius 3 is 2.20 bits per heavy atom. The molecule has 1 saturated carbocycles. The molecule has 2 nitrogen and oxygen atoms in total. The van der Waals surface area contributed by atoms with E-state index >= 15 is 0 Å². The molecule has 0 heterocycles. The fourth-order valence-electron chi connectivity index (χ4n) is 3.23. The molecule has 2 rings (SSSR count). The highest BCUT2D eigenvalue weighted by molar-refractivity contribution is 5.25. The van der Waals surface area contributed by atoms with Gasteiger partial charge < -0.3 is 10.2 Å². The first kappa shape index (κ1) is 15.5. The van der Waals surface area contributed by atoms with E-state index in [0.29, 0.717) is 0 Å². The van der Waals surface area contributed by atoms with Crippen molar-refractivity contribution in [3.05, 3.63) is 35.4 Å². The Hall–Kier alpha value is -0.860. The van der Waals surface area contributed by atoms with Crippen LogP contribution in [0.1, 0.15) is 62.0 Å². The highest BCUT2D eigenvalue weighted by Crippen LogP contribution is 2.32. The zero-order valence-corrected chi connectivity index (χ0v) is 12.4. The van der Waals surface area contributed by atoms with E-state index in [-0.39, 0.29) is 19.1 Å². The van der Waals surface area contributed by atoms with Crippen LogP contribution in [0.2, 0.25) is 0 Å². The Morgan fingerprint density at radius 2 is 1.60 bits per heavy atom. The van der Waals surface area contributed by atoms with Crippen LogP contribution in [0.5, 0.6) is 0 Å². The number of aryl methyl sites for hydroxylation is 1.